The molecule has 0 saturated heterocycles. The average Bonchev–Trinajstić information content (AvgIpc) is 3.41. The van der Waals surface area contributed by atoms with Crippen molar-refractivity contribution in [3.8, 4) is 5.75 Å². The van der Waals surface area contributed by atoms with Gasteiger partial charge in [-0.15, -0.1) is 0 Å². The molecule has 0 saturated carbocycles. The number of rotatable bonds is 5. The Morgan fingerprint density at radius 1 is 1.17 bits per heavy atom. The Balaban J connectivity index is 1.60. The van der Waals surface area contributed by atoms with Crippen LogP contribution in [-0.2, 0) is 6.54 Å². The largest absolute Gasteiger partial charge is 0.497 e. The molecule has 148 valence electrons. The number of nitrogens with zero attached hydrogens (tertiary/aromatic N) is 3. The third kappa shape index (κ3) is 3.29. The fraction of sp³-hybridized carbons (Fsp3) is 0.0870. The summed E-state index contributed by atoms with van der Waals surface area (Å²) in [7, 11) is 1.64. The molecule has 5 rings (SSSR count). The Morgan fingerprint density at radius 3 is 2.90 bits per heavy atom. The van der Waals surface area contributed by atoms with Gasteiger partial charge in [-0.05, 0) is 35.9 Å². The minimum absolute atomic E-state index is 0.109. The second-order valence-corrected chi connectivity index (χ2v) is 7.84. The van der Waals surface area contributed by atoms with Crippen molar-refractivity contribution in [1.29, 1.82) is 0 Å². The van der Waals surface area contributed by atoms with E-state index >= 15 is 0 Å². The van der Waals surface area contributed by atoms with Crippen molar-refractivity contribution < 1.29 is 9.53 Å². The molecule has 1 amide bonds. The molecule has 5 aromatic rings. The number of ether oxygens (including phenoxy) is 1. The Kier molecular flexibility index (Phi) is 4.65. The van der Waals surface area contributed by atoms with Gasteiger partial charge in [-0.1, -0.05) is 35.6 Å². The number of thiazole rings is 1. The minimum atomic E-state index is -0.109. The molecule has 3 heterocycles. The van der Waals surface area contributed by atoms with Gasteiger partial charge in [-0.3, -0.25) is 14.7 Å². The van der Waals surface area contributed by atoms with Gasteiger partial charge in [0.2, 0.25) is 0 Å². The van der Waals surface area contributed by atoms with Crippen LogP contribution in [-0.4, -0.2) is 28.0 Å². The molecule has 7 heteroatoms. The second-order valence-electron chi connectivity index (χ2n) is 6.83. The molecule has 0 bridgehead atoms. The van der Waals surface area contributed by atoms with E-state index in [2.05, 4.69) is 9.97 Å². The maximum Gasteiger partial charge on any atom is 0.262 e. The number of benzene rings is 2. The summed E-state index contributed by atoms with van der Waals surface area (Å²) < 4.78 is 6.29. The van der Waals surface area contributed by atoms with Gasteiger partial charge in [0.15, 0.2) is 5.13 Å². The van der Waals surface area contributed by atoms with Crippen LogP contribution in [0.25, 0.3) is 21.1 Å². The monoisotopic (exact) mass is 414 g/mol. The standard InChI is InChI=1S/C23H18N4O2S/c1-29-16-8-9-20-21(11-16)30-23(26-20)27(14-15-5-4-10-24-12-15)22(28)18-13-25-19-7-3-2-6-17(18)19/h2-13,25H,14H2,1H3. The maximum absolute atomic E-state index is 13.7. The molecule has 3 aromatic heterocycles. The number of carbonyl (C=O) groups excluding carboxylic acids is 1. The van der Waals surface area contributed by atoms with E-state index in [1.807, 2.05) is 54.6 Å². The number of pyridine rings is 1. The zero-order valence-electron chi connectivity index (χ0n) is 16.2. The Morgan fingerprint density at radius 2 is 2.07 bits per heavy atom. The SMILES string of the molecule is COc1ccc2nc(N(Cc3cccnc3)C(=O)c3c[nH]c4ccccc34)sc2c1. The highest BCUT2D eigenvalue weighted by atomic mass is 32.1. The first-order valence-corrected chi connectivity index (χ1v) is 10.3. The summed E-state index contributed by atoms with van der Waals surface area (Å²) >= 11 is 1.47. The number of anilines is 1. The molecule has 0 aliphatic heterocycles. The van der Waals surface area contributed by atoms with Crippen molar-refractivity contribution in [1.82, 2.24) is 15.0 Å². The predicted octanol–water partition coefficient (Wildman–Crippen LogP) is 5.03. The van der Waals surface area contributed by atoms with E-state index < -0.39 is 0 Å². The van der Waals surface area contributed by atoms with Crippen molar-refractivity contribution in [2.24, 2.45) is 0 Å². The number of H-pyrrole nitrogens is 1. The molecule has 0 radical (unpaired) electrons. The van der Waals surface area contributed by atoms with E-state index in [-0.39, 0.29) is 5.91 Å². The normalized spacial score (nSPS) is 11.1. The van der Waals surface area contributed by atoms with Gasteiger partial charge in [-0.2, -0.15) is 0 Å². The maximum atomic E-state index is 13.7. The minimum Gasteiger partial charge on any atom is -0.497 e. The Labute approximate surface area is 176 Å². The summed E-state index contributed by atoms with van der Waals surface area (Å²) in [4.78, 5) is 27.5. The number of hydrogen-bond donors (Lipinski definition) is 1. The molecule has 0 fully saturated rings. The summed E-state index contributed by atoms with van der Waals surface area (Å²) in [5.41, 5.74) is 3.31. The molecule has 0 unspecified atom stereocenters. The van der Waals surface area contributed by atoms with Crippen molar-refractivity contribution in [2.75, 3.05) is 12.0 Å². The van der Waals surface area contributed by atoms with E-state index in [4.69, 9.17) is 9.72 Å². The summed E-state index contributed by atoms with van der Waals surface area (Å²) in [5, 5.41) is 1.53. The van der Waals surface area contributed by atoms with Crippen LogP contribution in [0.15, 0.2) is 73.2 Å². The molecule has 2 aromatic carbocycles. The predicted molar refractivity (Wildman–Crippen MR) is 119 cm³/mol. The average molecular weight is 414 g/mol. The topological polar surface area (TPSA) is 71.1 Å². The van der Waals surface area contributed by atoms with E-state index in [0.29, 0.717) is 17.2 Å². The van der Waals surface area contributed by atoms with Crippen LogP contribution >= 0.6 is 11.3 Å². The summed E-state index contributed by atoms with van der Waals surface area (Å²) in [6, 6.07) is 17.3. The van der Waals surface area contributed by atoms with Crippen LogP contribution in [0.4, 0.5) is 5.13 Å². The van der Waals surface area contributed by atoms with Crippen LogP contribution in [0.5, 0.6) is 5.75 Å². The number of aromatic nitrogens is 3. The van der Waals surface area contributed by atoms with Crippen LogP contribution in [0.1, 0.15) is 15.9 Å². The van der Waals surface area contributed by atoms with Crippen molar-refractivity contribution in [3.05, 3.63) is 84.3 Å². The molecule has 0 spiro atoms. The quantitative estimate of drug-likeness (QED) is 0.438. The van der Waals surface area contributed by atoms with Gasteiger partial charge in [-0.25, -0.2) is 4.98 Å². The molecule has 30 heavy (non-hydrogen) atoms. The summed E-state index contributed by atoms with van der Waals surface area (Å²) in [6.07, 6.45) is 5.25. The number of hydrogen-bond acceptors (Lipinski definition) is 5. The van der Waals surface area contributed by atoms with Gasteiger partial charge < -0.3 is 9.72 Å². The van der Waals surface area contributed by atoms with Crippen LogP contribution in [0.3, 0.4) is 0 Å². The third-order valence-corrected chi connectivity index (χ3v) is 5.98. The highest BCUT2D eigenvalue weighted by Gasteiger charge is 2.24. The highest BCUT2D eigenvalue weighted by molar-refractivity contribution is 7.22. The first kappa shape index (κ1) is 18.3. The van der Waals surface area contributed by atoms with Gasteiger partial charge in [0.1, 0.15) is 5.75 Å². The van der Waals surface area contributed by atoms with Gasteiger partial charge in [0, 0.05) is 29.5 Å². The smallest absolute Gasteiger partial charge is 0.262 e. The van der Waals surface area contributed by atoms with E-state index in [1.54, 1.807) is 30.6 Å². The summed E-state index contributed by atoms with van der Waals surface area (Å²) in [6.45, 7) is 0.378. The second kappa shape index (κ2) is 7.61. The van der Waals surface area contributed by atoms with E-state index in [1.165, 1.54) is 11.3 Å². The number of amides is 1. The van der Waals surface area contributed by atoms with Crippen molar-refractivity contribution in [3.63, 3.8) is 0 Å². The molecule has 0 aliphatic carbocycles. The van der Waals surface area contributed by atoms with E-state index in [0.717, 1.165) is 32.4 Å². The number of para-hydroxylation sites is 1. The molecule has 0 aliphatic rings. The lowest BCUT2D eigenvalue weighted by Gasteiger charge is -2.19. The van der Waals surface area contributed by atoms with Crippen LogP contribution in [0.2, 0.25) is 0 Å². The molecule has 0 atom stereocenters. The molecular formula is C23H18N4O2S. The number of nitrogens with one attached hydrogen (secondary N) is 1. The number of carbonyl (C=O) groups is 1. The lowest BCUT2D eigenvalue weighted by atomic mass is 10.1. The first-order chi connectivity index (χ1) is 14.7. The van der Waals surface area contributed by atoms with Gasteiger partial charge in [0.25, 0.3) is 5.91 Å². The lowest BCUT2D eigenvalue weighted by molar-refractivity contribution is 0.0986. The lowest BCUT2D eigenvalue weighted by Crippen LogP contribution is -2.30. The van der Waals surface area contributed by atoms with Crippen LogP contribution < -0.4 is 9.64 Å². The zero-order valence-corrected chi connectivity index (χ0v) is 17.0. The summed E-state index contributed by atoms with van der Waals surface area (Å²) in [5.74, 6) is 0.654. The Hall–Kier alpha value is -3.71. The Bertz CT molecular complexity index is 1340. The fourth-order valence-electron chi connectivity index (χ4n) is 3.43. The van der Waals surface area contributed by atoms with Crippen LogP contribution in [0, 0.1) is 0 Å². The fourth-order valence-corrected chi connectivity index (χ4v) is 4.42. The van der Waals surface area contributed by atoms with E-state index in [9.17, 15) is 4.79 Å². The molecular weight excluding hydrogens is 396 g/mol. The van der Waals surface area contributed by atoms with Gasteiger partial charge >= 0.3 is 0 Å². The number of methoxy groups -OCH3 is 1. The third-order valence-electron chi connectivity index (χ3n) is 4.94. The van der Waals surface area contributed by atoms with Crippen molar-refractivity contribution in [2.45, 2.75) is 6.54 Å². The van der Waals surface area contributed by atoms with Gasteiger partial charge in [0.05, 0.1) is 29.4 Å². The zero-order chi connectivity index (χ0) is 20.5. The van der Waals surface area contributed by atoms with Crippen molar-refractivity contribution >= 4 is 43.5 Å². The first-order valence-electron chi connectivity index (χ1n) is 9.44. The number of fused-ring (bicyclic) bond motifs is 2. The molecule has 6 nitrogen and oxygen atoms in total. The highest BCUT2D eigenvalue weighted by Crippen LogP contribution is 2.33. The molecule has 1 N–H and O–H groups in total. The number of aromatic amines is 1.